The molecule has 9 nitrogen and oxygen atoms in total. The number of methoxy groups -OCH3 is 2. The smallest absolute Gasteiger partial charge is 0.375 e. The van der Waals surface area contributed by atoms with Gasteiger partial charge in [0, 0.05) is 15.9 Å². The summed E-state index contributed by atoms with van der Waals surface area (Å²) in [6.45, 7) is 4.24. The summed E-state index contributed by atoms with van der Waals surface area (Å²) in [5.74, 6) is -1.52. The third-order valence-electron chi connectivity index (χ3n) is 5.32. The SMILES string of the molecule is COc1cc(OC)nc(Sc2cccc(Cl)c2C(=O)OC(c2ccccc2)P2(=O)OCC(C)(C)CO2)n1. The first-order valence-electron chi connectivity index (χ1n) is 11.2. The maximum atomic E-state index is 13.8. The lowest BCUT2D eigenvalue weighted by molar-refractivity contribution is 0.00729. The van der Waals surface area contributed by atoms with E-state index in [1.807, 2.05) is 13.8 Å². The van der Waals surface area contributed by atoms with Crippen molar-refractivity contribution in [1.29, 1.82) is 0 Å². The van der Waals surface area contributed by atoms with E-state index in [2.05, 4.69) is 9.97 Å². The minimum absolute atomic E-state index is 0.0597. The van der Waals surface area contributed by atoms with Crippen LogP contribution >= 0.6 is 31.0 Å². The lowest BCUT2D eigenvalue weighted by atomic mass is 9.97. The summed E-state index contributed by atoms with van der Waals surface area (Å²) in [6.07, 6.45) is 0. The number of ether oxygens (including phenoxy) is 3. The molecule has 1 aliphatic heterocycles. The molecule has 2 heterocycles. The van der Waals surface area contributed by atoms with Gasteiger partial charge in [0.2, 0.25) is 17.6 Å². The van der Waals surface area contributed by atoms with Gasteiger partial charge in [-0.2, -0.15) is 9.97 Å². The first kappa shape index (κ1) is 27.4. The molecule has 1 aliphatic rings. The molecule has 1 saturated heterocycles. The van der Waals surface area contributed by atoms with Gasteiger partial charge < -0.3 is 23.3 Å². The van der Waals surface area contributed by atoms with Crippen LogP contribution in [-0.2, 0) is 18.3 Å². The van der Waals surface area contributed by atoms with Crippen molar-refractivity contribution in [2.75, 3.05) is 27.4 Å². The van der Waals surface area contributed by atoms with Gasteiger partial charge in [-0.1, -0.05) is 61.8 Å². The summed E-state index contributed by atoms with van der Waals surface area (Å²) in [5, 5.41) is 0.405. The van der Waals surface area contributed by atoms with Crippen molar-refractivity contribution in [3.8, 4) is 11.8 Å². The minimum atomic E-state index is -3.87. The summed E-state index contributed by atoms with van der Waals surface area (Å²) in [6, 6.07) is 15.2. The van der Waals surface area contributed by atoms with Crippen LogP contribution in [-0.4, -0.2) is 43.4 Å². The Morgan fingerprint density at radius 2 is 1.65 bits per heavy atom. The van der Waals surface area contributed by atoms with Crippen LogP contribution in [0.15, 0.2) is 64.6 Å². The first-order chi connectivity index (χ1) is 17.6. The number of benzene rings is 2. The van der Waals surface area contributed by atoms with E-state index in [0.29, 0.717) is 10.5 Å². The Morgan fingerprint density at radius 3 is 2.24 bits per heavy atom. The molecule has 12 heteroatoms. The second-order valence-corrected chi connectivity index (χ2v) is 12.4. The van der Waals surface area contributed by atoms with Gasteiger partial charge >= 0.3 is 13.6 Å². The second kappa shape index (κ2) is 11.4. The van der Waals surface area contributed by atoms with Crippen molar-refractivity contribution >= 4 is 36.9 Å². The first-order valence-corrected chi connectivity index (χ1v) is 14.0. The Labute approximate surface area is 224 Å². The predicted molar refractivity (Wildman–Crippen MR) is 139 cm³/mol. The molecule has 0 bridgehead atoms. The number of hydrogen-bond donors (Lipinski definition) is 0. The molecule has 0 N–H and O–H groups in total. The van der Waals surface area contributed by atoms with Gasteiger partial charge in [0.15, 0.2) is 5.16 Å². The van der Waals surface area contributed by atoms with Crippen LogP contribution in [0.3, 0.4) is 0 Å². The summed E-state index contributed by atoms with van der Waals surface area (Å²) in [7, 11) is -0.923. The molecule has 2 aromatic carbocycles. The molecule has 0 radical (unpaired) electrons. The monoisotopic (exact) mass is 564 g/mol. The normalized spacial score (nSPS) is 17.0. The number of carbonyl (C=O) groups excluding carboxylic acids is 1. The zero-order valence-corrected chi connectivity index (χ0v) is 23.1. The van der Waals surface area contributed by atoms with Crippen molar-refractivity contribution in [2.45, 2.75) is 29.7 Å². The fourth-order valence-electron chi connectivity index (χ4n) is 3.36. The van der Waals surface area contributed by atoms with Crippen LogP contribution in [0.25, 0.3) is 0 Å². The molecule has 0 saturated carbocycles. The maximum absolute atomic E-state index is 13.8. The fourth-order valence-corrected chi connectivity index (χ4v) is 6.75. The van der Waals surface area contributed by atoms with Gasteiger partial charge in [0.1, 0.15) is 0 Å². The van der Waals surface area contributed by atoms with Crippen molar-refractivity contribution in [2.24, 2.45) is 5.41 Å². The van der Waals surface area contributed by atoms with Crippen LogP contribution in [0.1, 0.15) is 35.6 Å². The summed E-state index contributed by atoms with van der Waals surface area (Å²) in [5.41, 5.74) is 0.203. The summed E-state index contributed by atoms with van der Waals surface area (Å²) >= 11 is 7.53. The molecule has 1 aromatic heterocycles. The molecular formula is C25H26ClN2O7PS. The number of aromatic nitrogens is 2. The molecule has 3 aromatic rings. The van der Waals surface area contributed by atoms with Gasteiger partial charge in [-0.3, -0.25) is 4.57 Å². The highest BCUT2D eigenvalue weighted by Gasteiger charge is 2.46. The van der Waals surface area contributed by atoms with E-state index in [1.165, 1.54) is 20.3 Å². The number of halogens is 1. The lowest BCUT2D eigenvalue weighted by Gasteiger charge is -2.37. The lowest BCUT2D eigenvalue weighted by Crippen LogP contribution is -2.31. The number of esters is 1. The van der Waals surface area contributed by atoms with E-state index in [-0.39, 0.29) is 46.1 Å². The third kappa shape index (κ3) is 6.45. The Hall–Kier alpha value is -2.62. The van der Waals surface area contributed by atoms with E-state index in [1.54, 1.807) is 48.5 Å². The Bertz CT molecular complexity index is 1290. The van der Waals surface area contributed by atoms with Crippen LogP contribution in [0.5, 0.6) is 11.8 Å². The van der Waals surface area contributed by atoms with E-state index < -0.39 is 19.4 Å². The molecule has 4 rings (SSSR count). The zero-order chi connectivity index (χ0) is 26.6. The van der Waals surface area contributed by atoms with Crippen molar-refractivity contribution in [3.05, 3.63) is 70.7 Å². The van der Waals surface area contributed by atoms with Gasteiger partial charge in [0.05, 0.1) is 44.1 Å². The number of rotatable bonds is 8. The molecule has 1 fully saturated rings. The van der Waals surface area contributed by atoms with E-state index in [9.17, 15) is 9.36 Å². The van der Waals surface area contributed by atoms with E-state index >= 15 is 0 Å². The average molecular weight is 565 g/mol. The predicted octanol–water partition coefficient (Wildman–Crippen LogP) is 6.42. The quantitative estimate of drug-likeness (QED) is 0.173. The summed E-state index contributed by atoms with van der Waals surface area (Å²) in [4.78, 5) is 22.6. The largest absolute Gasteiger partial charge is 0.481 e. The molecule has 0 aliphatic carbocycles. The number of nitrogens with zero attached hydrogens (tertiary/aromatic N) is 2. The Kier molecular flexibility index (Phi) is 8.46. The molecular weight excluding hydrogens is 539 g/mol. The average Bonchev–Trinajstić information content (AvgIpc) is 2.89. The van der Waals surface area contributed by atoms with Crippen LogP contribution in [0.4, 0.5) is 0 Å². The highest BCUT2D eigenvalue weighted by atomic mass is 35.5. The van der Waals surface area contributed by atoms with Gasteiger partial charge in [0.25, 0.3) is 0 Å². The van der Waals surface area contributed by atoms with Crippen molar-refractivity contribution in [3.63, 3.8) is 0 Å². The molecule has 0 spiro atoms. The zero-order valence-electron chi connectivity index (χ0n) is 20.7. The standard InChI is InChI=1S/C25H26ClN2O7PS/c1-25(2)14-33-36(30,34-15-25)23(16-9-6-5-7-10-16)35-22(29)21-17(26)11-8-12-18(21)37-24-27-19(31-3)13-20(28-24)32-4/h5-13,23H,14-15H2,1-4H3. The molecule has 1 atom stereocenters. The Balaban J connectivity index is 1.68. The van der Waals surface area contributed by atoms with E-state index in [0.717, 1.165) is 11.8 Å². The fraction of sp³-hybridized carbons (Fsp3) is 0.320. The minimum Gasteiger partial charge on any atom is -0.481 e. The summed E-state index contributed by atoms with van der Waals surface area (Å²) < 4.78 is 41.5. The third-order valence-corrected chi connectivity index (χ3v) is 8.51. The van der Waals surface area contributed by atoms with Crippen LogP contribution < -0.4 is 9.47 Å². The van der Waals surface area contributed by atoms with Gasteiger partial charge in [-0.05, 0) is 23.9 Å². The maximum Gasteiger partial charge on any atom is 0.375 e. The molecule has 37 heavy (non-hydrogen) atoms. The number of carbonyl (C=O) groups is 1. The highest BCUT2D eigenvalue weighted by molar-refractivity contribution is 7.99. The van der Waals surface area contributed by atoms with Gasteiger partial charge in [-0.15, -0.1) is 0 Å². The van der Waals surface area contributed by atoms with Crippen molar-refractivity contribution in [1.82, 2.24) is 9.97 Å². The Morgan fingerprint density at radius 1 is 1.03 bits per heavy atom. The van der Waals surface area contributed by atoms with Crippen LogP contribution in [0.2, 0.25) is 5.02 Å². The highest BCUT2D eigenvalue weighted by Crippen LogP contribution is 2.64. The molecule has 1 unspecified atom stereocenters. The van der Waals surface area contributed by atoms with Crippen molar-refractivity contribution < 1.29 is 32.6 Å². The topological polar surface area (TPSA) is 106 Å². The second-order valence-electron chi connectivity index (χ2n) is 8.87. The van der Waals surface area contributed by atoms with Gasteiger partial charge in [-0.25, -0.2) is 4.79 Å². The molecule has 196 valence electrons. The number of hydrogen-bond acceptors (Lipinski definition) is 10. The van der Waals surface area contributed by atoms with Crippen LogP contribution in [0, 0.1) is 5.41 Å². The van der Waals surface area contributed by atoms with E-state index in [4.69, 9.17) is 34.9 Å². The molecule has 0 amide bonds.